The number of anilines is 2. The highest BCUT2D eigenvalue weighted by Crippen LogP contribution is 2.34. The maximum absolute atomic E-state index is 13.3. The summed E-state index contributed by atoms with van der Waals surface area (Å²) in [6.45, 7) is 6.20. The molecule has 2 heterocycles. The van der Waals surface area contributed by atoms with Crippen LogP contribution in [0.25, 0.3) is 0 Å². The molecule has 1 unspecified atom stereocenters. The van der Waals surface area contributed by atoms with Gasteiger partial charge in [-0.2, -0.15) is 0 Å². The third-order valence-electron chi connectivity index (χ3n) is 4.77. The number of fused-ring (bicyclic) bond motifs is 1. The minimum Gasteiger partial charge on any atom is -0.394 e. The Labute approximate surface area is 158 Å². The van der Waals surface area contributed by atoms with Crippen LogP contribution in [-0.4, -0.2) is 40.3 Å². The maximum atomic E-state index is 13.3. The van der Waals surface area contributed by atoms with Crippen molar-refractivity contribution in [1.82, 2.24) is 14.9 Å². The molecule has 0 saturated carbocycles. The third-order valence-corrected chi connectivity index (χ3v) is 4.77. The van der Waals surface area contributed by atoms with E-state index < -0.39 is 0 Å². The van der Waals surface area contributed by atoms with Gasteiger partial charge in [-0.3, -0.25) is 0 Å². The van der Waals surface area contributed by atoms with Crippen molar-refractivity contribution in [3.05, 3.63) is 42.1 Å². The second kappa shape index (κ2) is 7.96. The summed E-state index contributed by atoms with van der Waals surface area (Å²) in [6, 6.07) is 6.45. The highest BCUT2D eigenvalue weighted by molar-refractivity contribution is 5.95. The van der Waals surface area contributed by atoms with Crippen molar-refractivity contribution in [2.75, 3.05) is 23.9 Å². The molecular formula is C19H27FN6O. The molecule has 0 fully saturated rings. The number of hydrogen-bond donors (Lipinski definition) is 3. The van der Waals surface area contributed by atoms with E-state index in [0.717, 1.165) is 23.6 Å². The lowest BCUT2D eigenvalue weighted by Crippen LogP contribution is -2.44. The summed E-state index contributed by atoms with van der Waals surface area (Å²) in [7, 11) is 1.91. The van der Waals surface area contributed by atoms with Crippen LogP contribution in [0.2, 0.25) is 0 Å². The van der Waals surface area contributed by atoms with Crippen LogP contribution in [0.3, 0.4) is 0 Å². The van der Waals surface area contributed by atoms with Crippen molar-refractivity contribution in [2.45, 2.75) is 45.4 Å². The number of nitrogens with one attached hydrogen (secondary N) is 2. The van der Waals surface area contributed by atoms with Crippen LogP contribution in [0, 0.1) is 5.82 Å². The zero-order valence-electron chi connectivity index (χ0n) is 16.1. The normalized spacial score (nSPS) is 17.1. The van der Waals surface area contributed by atoms with E-state index in [4.69, 9.17) is 4.99 Å². The van der Waals surface area contributed by atoms with Crippen LogP contribution >= 0.6 is 0 Å². The van der Waals surface area contributed by atoms with Gasteiger partial charge >= 0.3 is 0 Å². The van der Waals surface area contributed by atoms with Gasteiger partial charge in [0.15, 0.2) is 12.1 Å². The van der Waals surface area contributed by atoms with Crippen molar-refractivity contribution in [3.63, 3.8) is 0 Å². The van der Waals surface area contributed by atoms with Crippen molar-refractivity contribution in [3.8, 4) is 0 Å². The molecule has 0 aliphatic carbocycles. The van der Waals surface area contributed by atoms with Crippen LogP contribution in [0.1, 0.15) is 45.1 Å². The van der Waals surface area contributed by atoms with Gasteiger partial charge in [-0.15, -0.1) is 0 Å². The van der Waals surface area contributed by atoms with Gasteiger partial charge in [0, 0.05) is 18.8 Å². The fourth-order valence-electron chi connectivity index (χ4n) is 3.04. The average Bonchev–Trinajstić information content (AvgIpc) is 3.09. The molecule has 1 aromatic carbocycles. The number of aromatic nitrogens is 2. The first-order chi connectivity index (χ1) is 12.9. The van der Waals surface area contributed by atoms with Crippen LogP contribution in [0.15, 0.2) is 35.6 Å². The summed E-state index contributed by atoms with van der Waals surface area (Å²) >= 11 is 0. The summed E-state index contributed by atoms with van der Waals surface area (Å²) < 4.78 is 15.4. The molecule has 0 radical (unpaired) electrons. The van der Waals surface area contributed by atoms with Gasteiger partial charge in [0.25, 0.3) is 0 Å². The highest BCUT2D eigenvalue weighted by Gasteiger charge is 2.30. The molecule has 1 aliphatic rings. The summed E-state index contributed by atoms with van der Waals surface area (Å²) in [5.74, 6) is 1.18. The second-order valence-electron chi connectivity index (χ2n) is 6.98. The minimum absolute atomic E-state index is 0.0198. The van der Waals surface area contributed by atoms with Crippen molar-refractivity contribution >= 4 is 17.5 Å². The van der Waals surface area contributed by atoms with E-state index in [9.17, 15) is 9.50 Å². The van der Waals surface area contributed by atoms with Crippen molar-refractivity contribution < 1.29 is 9.50 Å². The van der Waals surface area contributed by atoms with Crippen molar-refractivity contribution in [1.29, 1.82) is 0 Å². The number of imidazole rings is 1. The Bertz CT molecular complexity index is 797. The molecule has 3 rings (SSSR count). The fourth-order valence-corrected chi connectivity index (χ4v) is 3.04. The molecule has 1 aromatic heterocycles. The molecule has 0 bridgehead atoms. The van der Waals surface area contributed by atoms with Gasteiger partial charge < -0.3 is 25.2 Å². The first-order valence-corrected chi connectivity index (χ1v) is 9.21. The maximum Gasteiger partial charge on any atom is 0.199 e. The number of guanidine groups is 1. The van der Waals surface area contributed by atoms with E-state index >= 15 is 0 Å². The summed E-state index contributed by atoms with van der Waals surface area (Å²) in [6.07, 6.45) is 2.20. The van der Waals surface area contributed by atoms with E-state index in [2.05, 4.69) is 34.0 Å². The Balaban J connectivity index is 1.98. The monoisotopic (exact) mass is 374 g/mol. The predicted octanol–water partition coefficient (Wildman–Crippen LogP) is 2.88. The van der Waals surface area contributed by atoms with E-state index in [1.807, 2.05) is 18.9 Å². The number of rotatable bonds is 6. The minimum atomic E-state index is -0.370. The number of aliphatic hydroxyl groups is 1. The summed E-state index contributed by atoms with van der Waals surface area (Å²) in [5, 5.41) is 16.1. The lowest BCUT2D eigenvalue weighted by Gasteiger charge is -2.32. The number of aliphatic hydroxyl groups excluding tert-OH is 1. The molecule has 27 heavy (non-hydrogen) atoms. The number of aliphatic imine (C=N–C) groups is 1. The van der Waals surface area contributed by atoms with Gasteiger partial charge in [-0.05, 0) is 44.5 Å². The van der Waals surface area contributed by atoms with Gasteiger partial charge in [0.2, 0.25) is 0 Å². The SMILES string of the molecule is CC[C@H](CO)NC1=NC(N(C)c2ccc(F)cc2)c2ncn(C(C)C)c2N1. The second-order valence-corrected chi connectivity index (χ2v) is 6.98. The number of hydrogen-bond acceptors (Lipinski definition) is 6. The Morgan fingerprint density at radius 3 is 2.63 bits per heavy atom. The molecule has 146 valence electrons. The number of halogens is 1. The quantitative estimate of drug-likeness (QED) is 0.725. The predicted molar refractivity (Wildman–Crippen MR) is 106 cm³/mol. The topological polar surface area (TPSA) is 77.7 Å². The lowest BCUT2D eigenvalue weighted by atomic mass is 10.2. The average molecular weight is 374 g/mol. The molecule has 0 amide bonds. The third kappa shape index (κ3) is 3.90. The molecule has 2 aromatic rings. The van der Waals surface area contributed by atoms with Gasteiger partial charge in [0.05, 0.1) is 19.0 Å². The van der Waals surface area contributed by atoms with E-state index in [0.29, 0.717) is 5.96 Å². The van der Waals surface area contributed by atoms with E-state index in [1.165, 1.54) is 12.1 Å². The molecule has 2 atom stereocenters. The fraction of sp³-hybridized carbons (Fsp3) is 0.474. The first kappa shape index (κ1) is 19.2. The van der Waals surface area contributed by atoms with E-state index in [1.54, 1.807) is 18.5 Å². The highest BCUT2D eigenvalue weighted by atomic mass is 19.1. The van der Waals surface area contributed by atoms with Crippen LogP contribution in [0.5, 0.6) is 0 Å². The van der Waals surface area contributed by atoms with Gasteiger partial charge in [0.1, 0.15) is 17.3 Å². The molecule has 8 heteroatoms. The summed E-state index contributed by atoms with van der Waals surface area (Å²) in [5.41, 5.74) is 1.64. The molecular weight excluding hydrogens is 347 g/mol. The summed E-state index contributed by atoms with van der Waals surface area (Å²) in [4.78, 5) is 11.3. The molecule has 3 N–H and O–H groups in total. The van der Waals surface area contributed by atoms with E-state index in [-0.39, 0.29) is 30.7 Å². The zero-order valence-corrected chi connectivity index (χ0v) is 16.1. The molecule has 0 saturated heterocycles. The molecule has 0 spiro atoms. The Hall–Kier alpha value is -2.61. The lowest BCUT2D eigenvalue weighted by molar-refractivity contribution is 0.252. The van der Waals surface area contributed by atoms with Crippen LogP contribution < -0.4 is 15.5 Å². The Kier molecular flexibility index (Phi) is 5.65. The number of benzene rings is 1. The number of nitrogens with zero attached hydrogens (tertiary/aromatic N) is 4. The zero-order chi connectivity index (χ0) is 19.6. The Morgan fingerprint density at radius 2 is 2.04 bits per heavy atom. The molecule has 1 aliphatic heterocycles. The Morgan fingerprint density at radius 1 is 1.33 bits per heavy atom. The molecule has 7 nitrogen and oxygen atoms in total. The largest absolute Gasteiger partial charge is 0.394 e. The smallest absolute Gasteiger partial charge is 0.199 e. The van der Waals surface area contributed by atoms with Crippen molar-refractivity contribution in [2.24, 2.45) is 4.99 Å². The first-order valence-electron chi connectivity index (χ1n) is 9.21. The van der Waals surface area contributed by atoms with Crippen LogP contribution in [-0.2, 0) is 0 Å². The van der Waals surface area contributed by atoms with Gasteiger partial charge in [-0.25, -0.2) is 14.4 Å². The van der Waals surface area contributed by atoms with Gasteiger partial charge in [-0.1, -0.05) is 6.92 Å². The standard InChI is InChI=1S/C19H27FN6O/c1-5-14(10-27)22-19-23-17(25(4)15-8-6-13(20)7-9-15)16-18(24-19)26(11-21-16)12(2)3/h6-9,11-12,14,17,27H,5,10H2,1-4H3,(H2,22,23,24)/t14-,17?/m1/s1. The van der Waals surface area contributed by atoms with Crippen LogP contribution in [0.4, 0.5) is 15.9 Å².